The van der Waals surface area contributed by atoms with Crippen LogP contribution in [0.3, 0.4) is 0 Å². The van der Waals surface area contributed by atoms with E-state index < -0.39 is 0 Å². The summed E-state index contributed by atoms with van der Waals surface area (Å²) in [6, 6.07) is 4.34. The van der Waals surface area contributed by atoms with Crippen LogP contribution in [0.2, 0.25) is 0 Å². The molecule has 0 saturated carbocycles. The molecule has 1 aromatic heterocycles. The minimum Gasteiger partial charge on any atom is -0.486 e. The van der Waals surface area contributed by atoms with Gasteiger partial charge in [-0.25, -0.2) is 4.39 Å². The van der Waals surface area contributed by atoms with Crippen molar-refractivity contribution in [2.75, 3.05) is 0 Å². The molecule has 0 spiro atoms. The molecule has 0 aliphatic heterocycles. The number of rotatable bonds is 3. The predicted octanol–water partition coefficient (Wildman–Crippen LogP) is 3.97. The van der Waals surface area contributed by atoms with Crippen molar-refractivity contribution >= 4 is 31.9 Å². The maximum atomic E-state index is 13.1. The highest BCUT2D eigenvalue weighted by Crippen LogP contribution is 2.28. The van der Waals surface area contributed by atoms with Crippen LogP contribution in [0.1, 0.15) is 11.4 Å². The van der Waals surface area contributed by atoms with Gasteiger partial charge in [-0.15, -0.1) is 0 Å². The normalized spacial score (nSPS) is 10.7. The molecule has 6 heteroatoms. The Hall–Kier alpha value is -0.880. The Balaban J connectivity index is 2.19. The van der Waals surface area contributed by atoms with Gasteiger partial charge in [0.1, 0.15) is 18.2 Å². The Morgan fingerprint density at radius 2 is 2.11 bits per heavy atom. The molecule has 0 fully saturated rings. The van der Waals surface area contributed by atoms with E-state index in [4.69, 9.17) is 4.74 Å². The van der Waals surface area contributed by atoms with Gasteiger partial charge in [0, 0.05) is 13.1 Å². The molecule has 0 amide bonds. The van der Waals surface area contributed by atoms with E-state index in [2.05, 4.69) is 37.0 Å². The quantitative estimate of drug-likeness (QED) is 0.809. The van der Waals surface area contributed by atoms with E-state index >= 15 is 0 Å². The summed E-state index contributed by atoms with van der Waals surface area (Å²) in [7, 11) is 1.84. The average molecular weight is 378 g/mol. The lowest BCUT2D eigenvalue weighted by atomic mass is 10.3. The number of ether oxygens (including phenoxy) is 1. The maximum Gasteiger partial charge on any atom is 0.136 e. The van der Waals surface area contributed by atoms with Crippen LogP contribution in [0.25, 0.3) is 0 Å². The summed E-state index contributed by atoms with van der Waals surface area (Å²) < 4.78 is 22.1. The number of hydrogen-bond donors (Lipinski definition) is 0. The van der Waals surface area contributed by atoms with E-state index in [1.54, 1.807) is 10.7 Å². The fourth-order valence-corrected chi connectivity index (χ4v) is 2.38. The van der Waals surface area contributed by atoms with Gasteiger partial charge in [0.25, 0.3) is 0 Å². The van der Waals surface area contributed by atoms with Crippen molar-refractivity contribution in [2.24, 2.45) is 7.05 Å². The van der Waals surface area contributed by atoms with Crippen molar-refractivity contribution in [1.29, 1.82) is 0 Å². The number of aryl methyl sites for hydroxylation is 2. The SMILES string of the molecule is Cc1nn(C)c(COc2cc(F)ccc2Br)c1Br. The van der Waals surface area contributed by atoms with Gasteiger partial charge in [-0.2, -0.15) is 5.10 Å². The van der Waals surface area contributed by atoms with Gasteiger partial charge in [0.15, 0.2) is 0 Å². The molecule has 3 nitrogen and oxygen atoms in total. The topological polar surface area (TPSA) is 27.1 Å². The molecule has 0 radical (unpaired) electrons. The molecule has 1 heterocycles. The van der Waals surface area contributed by atoms with Crippen LogP contribution in [0, 0.1) is 12.7 Å². The average Bonchev–Trinajstić information content (AvgIpc) is 2.55. The monoisotopic (exact) mass is 376 g/mol. The zero-order valence-electron chi connectivity index (χ0n) is 9.88. The number of benzene rings is 1. The van der Waals surface area contributed by atoms with Crippen LogP contribution in [0.15, 0.2) is 27.1 Å². The second-order valence-corrected chi connectivity index (χ2v) is 5.48. The van der Waals surface area contributed by atoms with Crippen molar-refractivity contribution in [3.05, 3.63) is 44.3 Å². The summed E-state index contributed by atoms with van der Waals surface area (Å²) in [6.45, 7) is 2.23. The molecule has 0 aliphatic rings. The second-order valence-electron chi connectivity index (χ2n) is 3.83. The van der Waals surface area contributed by atoms with Crippen LogP contribution in [0.4, 0.5) is 4.39 Å². The van der Waals surface area contributed by atoms with E-state index in [-0.39, 0.29) is 5.82 Å². The molecule has 0 atom stereocenters. The van der Waals surface area contributed by atoms with Gasteiger partial charge in [0.2, 0.25) is 0 Å². The number of nitrogens with zero attached hydrogens (tertiary/aromatic N) is 2. The summed E-state index contributed by atoms with van der Waals surface area (Å²) in [4.78, 5) is 0. The molecular weight excluding hydrogens is 367 g/mol. The van der Waals surface area contributed by atoms with Gasteiger partial charge in [-0.05, 0) is 50.9 Å². The Morgan fingerprint density at radius 3 is 2.72 bits per heavy atom. The van der Waals surface area contributed by atoms with Gasteiger partial charge >= 0.3 is 0 Å². The van der Waals surface area contributed by atoms with Crippen LogP contribution in [-0.4, -0.2) is 9.78 Å². The van der Waals surface area contributed by atoms with E-state index in [1.165, 1.54) is 12.1 Å². The second kappa shape index (κ2) is 5.40. The zero-order valence-corrected chi connectivity index (χ0v) is 13.0. The van der Waals surface area contributed by atoms with Crippen LogP contribution < -0.4 is 4.74 Å². The third-order valence-electron chi connectivity index (χ3n) is 2.52. The fourth-order valence-electron chi connectivity index (χ4n) is 1.57. The molecule has 2 rings (SSSR count). The zero-order chi connectivity index (χ0) is 13.3. The molecular formula is C12H11Br2FN2O. The lowest BCUT2D eigenvalue weighted by Gasteiger charge is -2.09. The van der Waals surface area contributed by atoms with Crippen LogP contribution in [0.5, 0.6) is 5.75 Å². The highest BCUT2D eigenvalue weighted by Gasteiger charge is 2.12. The molecule has 18 heavy (non-hydrogen) atoms. The van der Waals surface area contributed by atoms with Gasteiger partial charge in [-0.1, -0.05) is 0 Å². The largest absolute Gasteiger partial charge is 0.486 e. The summed E-state index contributed by atoms with van der Waals surface area (Å²) in [5.74, 6) is 0.147. The van der Waals surface area contributed by atoms with E-state index in [0.717, 1.165) is 20.3 Å². The fraction of sp³-hybridized carbons (Fsp3) is 0.250. The van der Waals surface area contributed by atoms with Crippen LogP contribution >= 0.6 is 31.9 Å². The van der Waals surface area contributed by atoms with Gasteiger partial charge in [-0.3, -0.25) is 4.68 Å². The third kappa shape index (κ3) is 2.75. The Morgan fingerprint density at radius 1 is 1.39 bits per heavy atom. The summed E-state index contributed by atoms with van der Waals surface area (Å²) in [5.41, 5.74) is 1.80. The predicted molar refractivity (Wildman–Crippen MR) is 74.1 cm³/mol. The van der Waals surface area contributed by atoms with E-state index in [9.17, 15) is 4.39 Å². The molecule has 0 bridgehead atoms. The van der Waals surface area contributed by atoms with E-state index in [1.807, 2.05) is 14.0 Å². The number of aromatic nitrogens is 2. The third-order valence-corrected chi connectivity index (χ3v) is 4.21. The summed E-state index contributed by atoms with van der Waals surface area (Å²) >= 11 is 6.78. The minimum atomic E-state index is -0.326. The molecule has 0 unspecified atom stereocenters. The van der Waals surface area contributed by atoms with Crippen LogP contribution in [-0.2, 0) is 13.7 Å². The molecule has 0 saturated heterocycles. The first kappa shape index (κ1) is 13.5. The lowest BCUT2D eigenvalue weighted by Crippen LogP contribution is -2.04. The summed E-state index contributed by atoms with van der Waals surface area (Å²) in [5, 5.41) is 4.27. The Bertz CT molecular complexity index is 584. The van der Waals surface area contributed by atoms with Crippen molar-refractivity contribution in [3.63, 3.8) is 0 Å². The highest BCUT2D eigenvalue weighted by molar-refractivity contribution is 9.10. The lowest BCUT2D eigenvalue weighted by molar-refractivity contribution is 0.291. The van der Waals surface area contributed by atoms with Crippen molar-refractivity contribution in [3.8, 4) is 5.75 Å². The van der Waals surface area contributed by atoms with Crippen molar-refractivity contribution in [2.45, 2.75) is 13.5 Å². The first-order valence-electron chi connectivity index (χ1n) is 5.25. The first-order chi connectivity index (χ1) is 8.49. The summed E-state index contributed by atoms with van der Waals surface area (Å²) in [6.07, 6.45) is 0. The maximum absolute atomic E-state index is 13.1. The first-order valence-corrected chi connectivity index (χ1v) is 6.83. The highest BCUT2D eigenvalue weighted by atomic mass is 79.9. The molecule has 2 aromatic rings. The van der Waals surface area contributed by atoms with E-state index in [0.29, 0.717) is 12.4 Å². The number of hydrogen-bond acceptors (Lipinski definition) is 2. The Labute approximate surface area is 121 Å². The standard InChI is InChI=1S/C12H11Br2FN2O/c1-7-12(14)10(17(2)16-7)6-18-11-5-8(15)3-4-9(11)13/h3-5H,6H2,1-2H3. The molecule has 0 aliphatic carbocycles. The Kier molecular flexibility index (Phi) is 4.07. The smallest absolute Gasteiger partial charge is 0.136 e. The molecule has 1 aromatic carbocycles. The van der Waals surface area contributed by atoms with Gasteiger partial charge in [0.05, 0.1) is 20.3 Å². The minimum absolute atomic E-state index is 0.319. The van der Waals surface area contributed by atoms with Crippen molar-refractivity contribution < 1.29 is 9.13 Å². The molecule has 96 valence electrons. The number of halogens is 3. The molecule has 0 N–H and O–H groups in total. The van der Waals surface area contributed by atoms with Crippen molar-refractivity contribution in [1.82, 2.24) is 9.78 Å². The van der Waals surface area contributed by atoms with Gasteiger partial charge < -0.3 is 4.74 Å².